The first-order chi connectivity index (χ1) is 9.37. The fraction of sp³-hybridized carbons (Fsp3) is 0.765. The number of thiophene rings is 1. The molecular formula is C17H30N2S. The highest BCUT2D eigenvalue weighted by atomic mass is 32.1. The summed E-state index contributed by atoms with van der Waals surface area (Å²) in [6, 6.07) is 2.93. The zero-order chi connectivity index (χ0) is 14.8. The van der Waals surface area contributed by atoms with Gasteiger partial charge in [0.25, 0.3) is 0 Å². The Hall–Kier alpha value is -0.380. The minimum atomic E-state index is 0.314. The van der Waals surface area contributed by atoms with Crippen molar-refractivity contribution in [2.45, 2.75) is 52.5 Å². The maximum Gasteiger partial charge on any atom is 0.0386 e. The van der Waals surface area contributed by atoms with Crippen molar-refractivity contribution in [3.63, 3.8) is 0 Å². The molecule has 1 aliphatic carbocycles. The second kappa shape index (κ2) is 6.59. The molecule has 0 radical (unpaired) electrons. The van der Waals surface area contributed by atoms with E-state index in [1.54, 1.807) is 10.4 Å². The van der Waals surface area contributed by atoms with Crippen LogP contribution in [0.15, 0.2) is 6.07 Å². The third-order valence-electron chi connectivity index (χ3n) is 4.07. The summed E-state index contributed by atoms with van der Waals surface area (Å²) in [4.78, 5) is 5.45. The van der Waals surface area contributed by atoms with Crippen LogP contribution in [0.1, 0.15) is 55.0 Å². The molecule has 1 heterocycles. The molecule has 3 heteroatoms. The van der Waals surface area contributed by atoms with Crippen molar-refractivity contribution in [3.05, 3.63) is 21.4 Å². The molecule has 0 aliphatic heterocycles. The molecule has 1 N–H and O–H groups in total. The average molecular weight is 295 g/mol. The van der Waals surface area contributed by atoms with Crippen LogP contribution in [0.2, 0.25) is 0 Å². The minimum absolute atomic E-state index is 0.314. The first-order valence-electron chi connectivity index (χ1n) is 7.87. The highest BCUT2D eigenvalue weighted by Crippen LogP contribution is 2.33. The van der Waals surface area contributed by atoms with Crippen molar-refractivity contribution < 1.29 is 0 Å². The predicted octanol–water partition coefficient (Wildman–Crippen LogP) is 3.87. The molecule has 1 unspecified atom stereocenters. The van der Waals surface area contributed by atoms with Gasteiger partial charge in [0.1, 0.15) is 0 Å². The Morgan fingerprint density at radius 3 is 2.65 bits per heavy atom. The van der Waals surface area contributed by atoms with Crippen LogP contribution >= 0.6 is 11.3 Å². The van der Waals surface area contributed by atoms with Crippen LogP contribution in [-0.4, -0.2) is 32.1 Å². The topological polar surface area (TPSA) is 15.3 Å². The molecule has 2 nitrogen and oxygen atoms in total. The lowest BCUT2D eigenvalue weighted by Gasteiger charge is -2.30. The van der Waals surface area contributed by atoms with Crippen molar-refractivity contribution in [1.82, 2.24) is 10.2 Å². The smallest absolute Gasteiger partial charge is 0.0386 e. The van der Waals surface area contributed by atoms with Gasteiger partial charge in [-0.3, -0.25) is 0 Å². The SMILES string of the molecule is CC(NCC(C)(C)CN(C)C)c1cc2c(s1)CCCC2. The van der Waals surface area contributed by atoms with Crippen molar-refractivity contribution in [2.24, 2.45) is 5.41 Å². The number of hydrogen-bond acceptors (Lipinski definition) is 3. The lowest BCUT2D eigenvalue weighted by molar-refractivity contribution is 0.227. The van der Waals surface area contributed by atoms with Gasteiger partial charge in [-0.2, -0.15) is 0 Å². The monoisotopic (exact) mass is 294 g/mol. The van der Waals surface area contributed by atoms with E-state index in [0.717, 1.165) is 13.1 Å². The van der Waals surface area contributed by atoms with Crippen LogP contribution in [0.5, 0.6) is 0 Å². The fourth-order valence-electron chi connectivity index (χ4n) is 3.17. The highest BCUT2D eigenvalue weighted by molar-refractivity contribution is 7.12. The quantitative estimate of drug-likeness (QED) is 0.857. The van der Waals surface area contributed by atoms with Gasteiger partial charge in [0.05, 0.1) is 0 Å². The van der Waals surface area contributed by atoms with E-state index in [2.05, 4.69) is 51.1 Å². The van der Waals surface area contributed by atoms with Crippen molar-refractivity contribution in [1.29, 1.82) is 0 Å². The molecule has 2 rings (SSSR count). The van der Waals surface area contributed by atoms with E-state index in [1.165, 1.54) is 30.6 Å². The Labute approximate surface area is 128 Å². The van der Waals surface area contributed by atoms with Gasteiger partial charge in [0, 0.05) is 28.9 Å². The second-order valence-corrected chi connectivity index (χ2v) is 8.48. The average Bonchev–Trinajstić information content (AvgIpc) is 2.78. The summed E-state index contributed by atoms with van der Waals surface area (Å²) in [5.74, 6) is 0. The molecule has 1 aromatic rings. The van der Waals surface area contributed by atoms with Crippen molar-refractivity contribution >= 4 is 11.3 Å². The summed E-state index contributed by atoms with van der Waals surface area (Å²) < 4.78 is 0. The molecular weight excluding hydrogens is 264 g/mol. The molecule has 0 amide bonds. The van der Waals surface area contributed by atoms with E-state index in [9.17, 15) is 0 Å². The van der Waals surface area contributed by atoms with Gasteiger partial charge in [-0.1, -0.05) is 13.8 Å². The van der Waals surface area contributed by atoms with Crippen LogP contribution < -0.4 is 5.32 Å². The number of nitrogens with zero attached hydrogens (tertiary/aromatic N) is 1. The summed E-state index contributed by atoms with van der Waals surface area (Å²) in [5.41, 5.74) is 1.94. The lowest BCUT2D eigenvalue weighted by Crippen LogP contribution is -2.38. The van der Waals surface area contributed by atoms with Crippen molar-refractivity contribution in [2.75, 3.05) is 27.2 Å². The summed E-state index contributed by atoms with van der Waals surface area (Å²) in [7, 11) is 4.30. The maximum absolute atomic E-state index is 3.74. The van der Waals surface area contributed by atoms with E-state index >= 15 is 0 Å². The molecule has 114 valence electrons. The normalized spacial score (nSPS) is 17.3. The summed E-state index contributed by atoms with van der Waals surface area (Å²) in [6.45, 7) is 9.17. The summed E-state index contributed by atoms with van der Waals surface area (Å²) in [5, 5.41) is 3.74. The Bertz CT molecular complexity index is 411. The van der Waals surface area contributed by atoms with Gasteiger partial charge in [0.2, 0.25) is 0 Å². The zero-order valence-electron chi connectivity index (χ0n) is 13.8. The van der Waals surface area contributed by atoms with E-state index in [-0.39, 0.29) is 0 Å². The number of nitrogens with one attached hydrogen (secondary N) is 1. The Balaban J connectivity index is 1.91. The third-order valence-corrected chi connectivity index (χ3v) is 5.49. The van der Waals surface area contributed by atoms with Crippen LogP contribution in [0, 0.1) is 5.41 Å². The van der Waals surface area contributed by atoms with Gasteiger partial charge in [-0.15, -0.1) is 11.3 Å². The minimum Gasteiger partial charge on any atom is -0.309 e. The van der Waals surface area contributed by atoms with Gasteiger partial charge >= 0.3 is 0 Å². The first kappa shape index (κ1) is 16.0. The molecule has 1 aromatic heterocycles. The molecule has 1 aliphatic rings. The molecule has 20 heavy (non-hydrogen) atoms. The lowest BCUT2D eigenvalue weighted by atomic mass is 9.92. The first-order valence-corrected chi connectivity index (χ1v) is 8.69. The van der Waals surface area contributed by atoms with Gasteiger partial charge in [0.15, 0.2) is 0 Å². The standard InChI is InChI=1S/C17H30N2S/c1-13(18-11-17(2,3)12-19(4)5)16-10-14-8-6-7-9-15(14)20-16/h10,13,18H,6-9,11-12H2,1-5H3. The van der Waals surface area contributed by atoms with Crippen molar-refractivity contribution in [3.8, 4) is 0 Å². The molecule has 0 saturated carbocycles. The summed E-state index contributed by atoms with van der Waals surface area (Å²) in [6.07, 6.45) is 5.36. The highest BCUT2D eigenvalue weighted by Gasteiger charge is 2.21. The van der Waals surface area contributed by atoms with E-state index in [4.69, 9.17) is 0 Å². The maximum atomic E-state index is 3.74. The predicted molar refractivity (Wildman–Crippen MR) is 89.7 cm³/mol. The number of hydrogen-bond donors (Lipinski definition) is 1. The largest absolute Gasteiger partial charge is 0.309 e. The molecule has 1 atom stereocenters. The number of rotatable bonds is 6. The van der Waals surface area contributed by atoms with Crippen LogP contribution in [0.25, 0.3) is 0 Å². The molecule has 0 fully saturated rings. The molecule has 0 saturated heterocycles. The molecule has 0 bridgehead atoms. The molecule has 0 spiro atoms. The molecule has 0 aromatic carbocycles. The summed E-state index contributed by atoms with van der Waals surface area (Å²) >= 11 is 2.03. The van der Waals surface area contributed by atoms with E-state index < -0.39 is 0 Å². The Morgan fingerprint density at radius 2 is 2.00 bits per heavy atom. The fourth-order valence-corrected chi connectivity index (χ4v) is 4.45. The van der Waals surface area contributed by atoms with Crippen LogP contribution in [0.4, 0.5) is 0 Å². The second-order valence-electron chi connectivity index (χ2n) is 7.31. The van der Waals surface area contributed by atoms with Gasteiger partial charge < -0.3 is 10.2 Å². The zero-order valence-corrected chi connectivity index (χ0v) is 14.6. The van der Waals surface area contributed by atoms with Crippen LogP contribution in [-0.2, 0) is 12.8 Å². The number of fused-ring (bicyclic) bond motifs is 1. The van der Waals surface area contributed by atoms with Gasteiger partial charge in [-0.05, 0) is 63.7 Å². The van der Waals surface area contributed by atoms with Crippen LogP contribution in [0.3, 0.4) is 0 Å². The number of aryl methyl sites for hydroxylation is 2. The Kier molecular flexibility index (Phi) is 5.27. The Morgan fingerprint density at radius 1 is 1.30 bits per heavy atom. The van der Waals surface area contributed by atoms with Gasteiger partial charge in [-0.25, -0.2) is 0 Å². The van der Waals surface area contributed by atoms with E-state index in [1.807, 2.05) is 11.3 Å². The third kappa shape index (κ3) is 4.31. The van der Waals surface area contributed by atoms with E-state index in [0.29, 0.717) is 11.5 Å².